The van der Waals surface area contributed by atoms with E-state index in [-0.39, 0.29) is 16.9 Å². The van der Waals surface area contributed by atoms with Gasteiger partial charge >= 0.3 is 0 Å². The summed E-state index contributed by atoms with van der Waals surface area (Å²) in [4.78, 5) is 16.1. The van der Waals surface area contributed by atoms with E-state index in [2.05, 4.69) is 32.6 Å². The molecule has 1 aliphatic heterocycles. The van der Waals surface area contributed by atoms with Gasteiger partial charge in [-0.05, 0) is 97.9 Å². The third kappa shape index (κ3) is 5.54. The van der Waals surface area contributed by atoms with Gasteiger partial charge in [0.2, 0.25) is 0 Å². The summed E-state index contributed by atoms with van der Waals surface area (Å²) < 4.78 is 7.53. The Morgan fingerprint density at radius 3 is 2.31 bits per heavy atom. The van der Waals surface area contributed by atoms with Gasteiger partial charge in [0, 0.05) is 43.8 Å². The van der Waals surface area contributed by atoms with Gasteiger partial charge in [0.25, 0.3) is 0 Å². The molecule has 39 heavy (non-hydrogen) atoms. The normalized spacial score (nSPS) is 14.6. The SMILES string of the molecule is Cc1c(OCCN2CCCCC2)c(C(C)(C)C)cc(C=O)c1-c1c(-c2ccc(O)cc2)sc2cc(O)ccc12. The van der Waals surface area contributed by atoms with Crippen molar-refractivity contribution in [1.82, 2.24) is 4.90 Å². The van der Waals surface area contributed by atoms with Gasteiger partial charge in [-0.1, -0.05) is 27.2 Å². The molecule has 0 bridgehead atoms. The Labute approximate surface area is 234 Å². The molecule has 1 aromatic heterocycles. The van der Waals surface area contributed by atoms with Gasteiger partial charge < -0.3 is 14.9 Å². The third-order valence-electron chi connectivity index (χ3n) is 7.64. The fourth-order valence-corrected chi connectivity index (χ4v) is 6.85. The standard InChI is InChI=1S/C33H37NO4S/c1-21-29(30-26-13-12-25(37)19-28(26)39-32(30)22-8-10-24(36)11-9-22)23(20-35)18-27(33(2,3)4)31(21)38-17-16-34-14-6-5-7-15-34/h8-13,18-20,36-37H,5-7,14-17H2,1-4H3. The molecule has 1 aliphatic rings. The smallest absolute Gasteiger partial charge is 0.150 e. The number of piperidine rings is 1. The van der Waals surface area contributed by atoms with Crippen LogP contribution in [0.4, 0.5) is 0 Å². The van der Waals surface area contributed by atoms with Gasteiger partial charge in [-0.2, -0.15) is 0 Å². The number of ether oxygens (including phenoxy) is 1. The molecule has 5 rings (SSSR count). The van der Waals surface area contributed by atoms with Gasteiger partial charge in [-0.25, -0.2) is 0 Å². The van der Waals surface area contributed by atoms with E-state index in [0.29, 0.717) is 12.2 Å². The van der Waals surface area contributed by atoms with Crippen molar-refractivity contribution in [2.45, 2.75) is 52.4 Å². The number of aldehydes is 1. The Bertz CT molecular complexity index is 1490. The maximum Gasteiger partial charge on any atom is 0.150 e. The second-order valence-corrected chi connectivity index (χ2v) is 12.5. The zero-order valence-corrected chi connectivity index (χ0v) is 24.0. The van der Waals surface area contributed by atoms with Crippen LogP contribution in [-0.2, 0) is 5.41 Å². The minimum absolute atomic E-state index is 0.197. The summed E-state index contributed by atoms with van der Waals surface area (Å²) in [5.74, 6) is 1.24. The molecule has 0 saturated carbocycles. The number of thiophene rings is 1. The van der Waals surface area contributed by atoms with Crippen molar-refractivity contribution in [1.29, 1.82) is 0 Å². The summed E-state index contributed by atoms with van der Waals surface area (Å²) in [6.07, 6.45) is 4.73. The summed E-state index contributed by atoms with van der Waals surface area (Å²) in [6, 6.07) is 14.5. The number of hydrogen-bond donors (Lipinski definition) is 2. The van der Waals surface area contributed by atoms with Crippen LogP contribution in [0, 0.1) is 6.92 Å². The van der Waals surface area contributed by atoms with Crippen LogP contribution in [-0.4, -0.2) is 47.6 Å². The van der Waals surface area contributed by atoms with E-state index in [0.717, 1.165) is 74.5 Å². The van der Waals surface area contributed by atoms with Crippen molar-refractivity contribution in [2.24, 2.45) is 0 Å². The fraction of sp³-hybridized carbons (Fsp3) is 0.364. The number of carbonyl (C=O) groups is 1. The number of rotatable bonds is 7. The van der Waals surface area contributed by atoms with Gasteiger partial charge in [-0.15, -0.1) is 11.3 Å². The minimum atomic E-state index is -0.218. The number of phenols is 2. The molecular formula is C33H37NO4S. The quantitative estimate of drug-likeness (QED) is 0.232. The molecule has 6 heteroatoms. The molecule has 0 radical (unpaired) electrons. The zero-order valence-electron chi connectivity index (χ0n) is 23.2. The summed E-state index contributed by atoms with van der Waals surface area (Å²) in [7, 11) is 0. The molecule has 2 heterocycles. The molecule has 1 saturated heterocycles. The van der Waals surface area contributed by atoms with E-state index in [1.165, 1.54) is 19.3 Å². The van der Waals surface area contributed by atoms with Crippen molar-refractivity contribution in [2.75, 3.05) is 26.2 Å². The molecule has 5 nitrogen and oxygen atoms in total. The Hall–Kier alpha value is -3.35. The van der Waals surface area contributed by atoms with Crippen molar-refractivity contribution >= 4 is 27.7 Å². The Balaban J connectivity index is 1.70. The lowest BCUT2D eigenvalue weighted by atomic mass is 9.81. The molecule has 2 N–H and O–H groups in total. The monoisotopic (exact) mass is 543 g/mol. The van der Waals surface area contributed by atoms with Gasteiger partial charge in [0.1, 0.15) is 23.9 Å². The van der Waals surface area contributed by atoms with Crippen LogP contribution >= 0.6 is 11.3 Å². The van der Waals surface area contributed by atoms with Crippen LogP contribution < -0.4 is 4.74 Å². The van der Waals surface area contributed by atoms with E-state index in [1.54, 1.807) is 35.6 Å². The third-order valence-corrected chi connectivity index (χ3v) is 8.84. The number of benzene rings is 3. The largest absolute Gasteiger partial charge is 0.508 e. The number of phenolic OH excluding ortho intramolecular Hbond substituents is 2. The molecule has 204 valence electrons. The van der Waals surface area contributed by atoms with Crippen molar-refractivity contribution in [3.63, 3.8) is 0 Å². The first-order valence-electron chi connectivity index (χ1n) is 13.7. The highest BCUT2D eigenvalue weighted by molar-refractivity contribution is 7.23. The second-order valence-electron chi connectivity index (χ2n) is 11.5. The molecule has 0 unspecified atom stereocenters. The van der Waals surface area contributed by atoms with Crippen LogP contribution in [0.25, 0.3) is 31.7 Å². The van der Waals surface area contributed by atoms with Crippen LogP contribution in [0.3, 0.4) is 0 Å². The predicted molar refractivity (Wildman–Crippen MR) is 161 cm³/mol. The highest BCUT2D eigenvalue weighted by atomic mass is 32.1. The Morgan fingerprint density at radius 2 is 1.64 bits per heavy atom. The summed E-state index contributed by atoms with van der Waals surface area (Å²) in [6.45, 7) is 12.2. The fourth-order valence-electron chi connectivity index (χ4n) is 5.60. The average molecular weight is 544 g/mol. The van der Waals surface area contributed by atoms with Crippen LogP contribution in [0.5, 0.6) is 17.2 Å². The highest BCUT2D eigenvalue weighted by Crippen LogP contribution is 2.50. The first-order chi connectivity index (χ1) is 18.7. The van der Waals surface area contributed by atoms with Crippen LogP contribution in [0.1, 0.15) is 61.5 Å². The maximum atomic E-state index is 12.7. The van der Waals surface area contributed by atoms with E-state index in [9.17, 15) is 15.0 Å². The Kier molecular flexibility index (Phi) is 7.70. The number of likely N-dealkylation sites (tertiary alicyclic amines) is 1. The molecule has 1 fully saturated rings. The summed E-state index contributed by atoms with van der Waals surface area (Å²) in [5, 5.41) is 21.1. The molecule has 0 spiro atoms. The van der Waals surface area contributed by atoms with Crippen molar-refractivity contribution < 1.29 is 19.7 Å². The van der Waals surface area contributed by atoms with E-state index in [4.69, 9.17) is 4.74 Å². The summed E-state index contributed by atoms with van der Waals surface area (Å²) >= 11 is 1.57. The van der Waals surface area contributed by atoms with Gasteiger partial charge in [0.15, 0.2) is 6.29 Å². The van der Waals surface area contributed by atoms with Gasteiger partial charge in [-0.3, -0.25) is 9.69 Å². The van der Waals surface area contributed by atoms with E-state index >= 15 is 0 Å². The first-order valence-corrected chi connectivity index (χ1v) is 14.5. The van der Waals surface area contributed by atoms with E-state index in [1.807, 2.05) is 24.3 Å². The topological polar surface area (TPSA) is 70.0 Å². The average Bonchev–Trinajstić information content (AvgIpc) is 3.27. The van der Waals surface area contributed by atoms with Crippen LogP contribution in [0.2, 0.25) is 0 Å². The number of aromatic hydroxyl groups is 2. The van der Waals surface area contributed by atoms with Crippen molar-refractivity contribution in [3.05, 3.63) is 65.2 Å². The zero-order chi connectivity index (χ0) is 27.7. The Morgan fingerprint density at radius 1 is 0.949 bits per heavy atom. The predicted octanol–water partition coefficient (Wildman–Crippen LogP) is 7.93. The minimum Gasteiger partial charge on any atom is -0.508 e. The van der Waals surface area contributed by atoms with Gasteiger partial charge in [0.05, 0.1) is 0 Å². The first kappa shape index (κ1) is 27.2. The maximum absolute atomic E-state index is 12.7. The number of hydrogen-bond acceptors (Lipinski definition) is 6. The number of nitrogens with zero attached hydrogens (tertiary/aromatic N) is 1. The summed E-state index contributed by atoms with van der Waals surface area (Å²) in [5.41, 5.74) is 5.10. The number of fused-ring (bicyclic) bond motifs is 1. The highest BCUT2D eigenvalue weighted by Gasteiger charge is 2.28. The molecule has 0 atom stereocenters. The van der Waals surface area contributed by atoms with Crippen LogP contribution in [0.15, 0.2) is 48.5 Å². The second kappa shape index (κ2) is 11.0. The lowest BCUT2D eigenvalue weighted by molar-refractivity contribution is 0.112. The lowest BCUT2D eigenvalue weighted by Gasteiger charge is -2.29. The molecule has 0 amide bonds. The molecule has 0 aliphatic carbocycles. The molecular weight excluding hydrogens is 506 g/mol. The van der Waals surface area contributed by atoms with Crippen molar-refractivity contribution in [3.8, 4) is 38.8 Å². The molecule has 3 aromatic carbocycles. The molecule has 4 aromatic rings. The number of carbonyl (C=O) groups excluding carboxylic acids is 1. The lowest BCUT2D eigenvalue weighted by Crippen LogP contribution is -2.33. The van der Waals surface area contributed by atoms with E-state index < -0.39 is 0 Å².